The molecule has 6 nitrogen and oxygen atoms in total. The molecule has 1 amide bonds. The van der Waals surface area contributed by atoms with Crippen molar-refractivity contribution in [1.29, 1.82) is 0 Å². The summed E-state index contributed by atoms with van der Waals surface area (Å²) in [5.41, 5.74) is 0.470. The second-order valence-electron chi connectivity index (χ2n) is 6.22. The molecule has 0 aliphatic carbocycles. The maximum atomic E-state index is 12.1. The van der Waals surface area contributed by atoms with E-state index in [1.165, 1.54) is 12.1 Å². The lowest BCUT2D eigenvalue weighted by molar-refractivity contribution is 0.0944. The van der Waals surface area contributed by atoms with E-state index in [0.717, 1.165) is 25.9 Å². The van der Waals surface area contributed by atoms with Crippen LogP contribution in [0.5, 0.6) is 0 Å². The van der Waals surface area contributed by atoms with Gasteiger partial charge in [-0.3, -0.25) is 4.79 Å². The van der Waals surface area contributed by atoms with E-state index in [1.54, 1.807) is 26.0 Å². The molecule has 0 spiro atoms. The highest BCUT2D eigenvalue weighted by Gasteiger charge is 2.17. The fourth-order valence-corrected chi connectivity index (χ4v) is 3.85. The van der Waals surface area contributed by atoms with Crippen LogP contribution in [0.15, 0.2) is 29.2 Å². The first kappa shape index (κ1) is 20.9. The minimum absolute atomic E-state index is 0. The Labute approximate surface area is 150 Å². The summed E-state index contributed by atoms with van der Waals surface area (Å²) in [7, 11) is -3.52. The van der Waals surface area contributed by atoms with Gasteiger partial charge in [0.05, 0.1) is 4.90 Å². The van der Waals surface area contributed by atoms with Gasteiger partial charge in [-0.25, -0.2) is 13.1 Å². The molecule has 136 valence electrons. The largest absolute Gasteiger partial charge is 0.352 e. The molecule has 0 radical (unpaired) electrons. The number of nitrogens with one attached hydrogen (secondary N) is 3. The molecule has 1 atom stereocenters. The van der Waals surface area contributed by atoms with E-state index in [0.29, 0.717) is 18.0 Å². The quantitative estimate of drug-likeness (QED) is 0.703. The molecule has 1 aromatic carbocycles. The van der Waals surface area contributed by atoms with Crippen molar-refractivity contribution in [3.05, 3.63) is 29.8 Å². The fourth-order valence-electron chi connectivity index (χ4n) is 2.60. The summed E-state index contributed by atoms with van der Waals surface area (Å²) in [6.07, 6.45) is 2.25. The molecule has 1 aliphatic rings. The number of piperidine rings is 1. The van der Waals surface area contributed by atoms with Crippen molar-refractivity contribution in [3.8, 4) is 0 Å². The molecular weight excluding hydrogens is 350 g/mol. The molecule has 8 heteroatoms. The molecule has 1 saturated heterocycles. The minimum atomic E-state index is -3.52. The molecule has 3 N–H and O–H groups in total. The number of rotatable bonds is 6. The van der Waals surface area contributed by atoms with Gasteiger partial charge in [-0.15, -0.1) is 12.4 Å². The standard InChI is InChI=1S/C16H25N3O3S.ClH/c1-12(2)19-23(21,22)15-7-5-14(6-8-15)16(20)18-11-13-4-3-9-17-10-13;/h5-8,12-13,17,19H,3-4,9-11H2,1-2H3,(H,18,20);1H. The van der Waals surface area contributed by atoms with Gasteiger partial charge in [0.15, 0.2) is 0 Å². The zero-order chi connectivity index (χ0) is 16.9. The third-order valence-corrected chi connectivity index (χ3v) is 5.44. The number of carbonyl (C=O) groups is 1. The third-order valence-electron chi connectivity index (χ3n) is 3.77. The van der Waals surface area contributed by atoms with E-state index in [-0.39, 0.29) is 29.3 Å². The van der Waals surface area contributed by atoms with E-state index >= 15 is 0 Å². The molecule has 1 heterocycles. The Morgan fingerprint density at radius 3 is 2.50 bits per heavy atom. The highest BCUT2D eigenvalue weighted by atomic mass is 35.5. The van der Waals surface area contributed by atoms with Gasteiger partial charge in [-0.1, -0.05) is 0 Å². The Bertz CT molecular complexity index is 626. The van der Waals surface area contributed by atoms with Crippen LogP contribution in [-0.4, -0.2) is 40.0 Å². The van der Waals surface area contributed by atoms with Gasteiger partial charge in [-0.05, 0) is 70.0 Å². The van der Waals surface area contributed by atoms with E-state index in [2.05, 4.69) is 15.4 Å². The predicted molar refractivity (Wildman–Crippen MR) is 97.1 cm³/mol. The van der Waals surface area contributed by atoms with Crippen molar-refractivity contribution in [2.75, 3.05) is 19.6 Å². The summed E-state index contributed by atoms with van der Waals surface area (Å²) in [5, 5.41) is 6.23. The number of amides is 1. The monoisotopic (exact) mass is 375 g/mol. The van der Waals surface area contributed by atoms with E-state index in [4.69, 9.17) is 0 Å². The highest BCUT2D eigenvalue weighted by molar-refractivity contribution is 7.89. The van der Waals surface area contributed by atoms with Crippen LogP contribution in [0.2, 0.25) is 0 Å². The molecule has 1 aromatic rings. The maximum Gasteiger partial charge on any atom is 0.251 e. The van der Waals surface area contributed by atoms with Gasteiger partial charge in [0.1, 0.15) is 0 Å². The molecule has 0 saturated carbocycles. The van der Waals surface area contributed by atoms with Crippen LogP contribution in [-0.2, 0) is 10.0 Å². The van der Waals surface area contributed by atoms with E-state index in [1.807, 2.05) is 0 Å². The summed E-state index contributed by atoms with van der Waals surface area (Å²) in [6.45, 7) is 6.14. The van der Waals surface area contributed by atoms with Gasteiger partial charge in [-0.2, -0.15) is 0 Å². The summed E-state index contributed by atoms with van der Waals surface area (Å²) in [5.74, 6) is 0.291. The number of hydrogen-bond donors (Lipinski definition) is 3. The molecule has 0 aromatic heterocycles. The number of sulfonamides is 1. The Morgan fingerprint density at radius 2 is 1.96 bits per heavy atom. The van der Waals surface area contributed by atoms with Gasteiger partial charge in [0.25, 0.3) is 5.91 Å². The molecule has 1 aliphatic heterocycles. The van der Waals surface area contributed by atoms with E-state index in [9.17, 15) is 13.2 Å². The van der Waals surface area contributed by atoms with Crippen LogP contribution in [0.3, 0.4) is 0 Å². The van der Waals surface area contributed by atoms with Gasteiger partial charge in [0, 0.05) is 18.2 Å². The predicted octanol–water partition coefficient (Wildman–Crippen LogP) is 1.52. The topological polar surface area (TPSA) is 87.3 Å². The van der Waals surface area contributed by atoms with Crippen LogP contribution in [0.4, 0.5) is 0 Å². The lowest BCUT2D eigenvalue weighted by Crippen LogP contribution is -2.38. The Balaban J connectivity index is 0.00000288. The maximum absolute atomic E-state index is 12.1. The fraction of sp³-hybridized carbons (Fsp3) is 0.562. The third kappa shape index (κ3) is 6.05. The van der Waals surface area contributed by atoms with Crippen LogP contribution >= 0.6 is 12.4 Å². The smallest absolute Gasteiger partial charge is 0.251 e. The van der Waals surface area contributed by atoms with Crippen LogP contribution in [0.25, 0.3) is 0 Å². The first-order chi connectivity index (χ1) is 10.9. The van der Waals surface area contributed by atoms with Crippen molar-refractivity contribution in [1.82, 2.24) is 15.4 Å². The second-order valence-corrected chi connectivity index (χ2v) is 7.94. The average Bonchev–Trinajstić information content (AvgIpc) is 2.52. The molecule has 1 unspecified atom stereocenters. The van der Waals surface area contributed by atoms with Crippen molar-refractivity contribution in [2.45, 2.75) is 37.6 Å². The van der Waals surface area contributed by atoms with E-state index < -0.39 is 10.0 Å². The Hall–Kier alpha value is -1.15. The Morgan fingerprint density at radius 1 is 1.29 bits per heavy atom. The molecule has 1 fully saturated rings. The molecule has 2 rings (SSSR count). The zero-order valence-corrected chi connectivity index (χ0v) is 15.7. The molecule has 24 heavy (non-hydrogen) atoms. The number of hydrogen-bond acceptors (Lipinski definition) is 4. The number of carbonyl (C=O) groups excluding carboxylic acids is 1. The minimum Gasteiger partial charge on any atom is -0.352 e. The lowest BCUT2D eigenvalue weighted by Gasteiger charge is -2.22. The second kappa shape index (κ2) is 9.36. The summed E-state index contributed by atoms with van der Waals surface area (Å²) >= 11 is 0. The van der Waals surface area contributed by atoms with Gasteiger partial charge < -0.3 is 10.6 Å². The zero-order valence-electron chi connectivity index (χ0n) is 14.0. The summed E-state index contributed by atoms with van der Waals surface area (Å²) in [6, 6.07) is 5.84. The first-order valence-electron chi connectivity index (χ1n) is 8.00. The van der Waals surface area contributed by atoms with Gasteiger partial charge >= 0.3 is 0 Å². The highest BCUT2D eigenvalue weighted by Crippen LogP contribution is 2.12. The average molecular weight is 376 g/mol. The van der Waals surface area contributed by atoms with Gasteiger partial charge in [0.2, 0.25) is 10.0 Å². The number of benzene rings is 1. The first-order valence-corrected chi connectivity index (χ1v) is 9.48. The van der Waals surface area contributed by atoms with Crippen LogP contribution < -0.4 is 15.4 Å². The molecule has 0 bridgehead atoms. The lowest BCUT2D eigenvalue weighted by atomic mass is 10.00. The van der Waals surface area contributed by atoms with Crippen molar-refractivity contribution in [2.24, 2.45) is 5.92 Å². The normalized spacial score (nSPS) is 18.0. The van der Waals surface area contributed by atoms with Crippen molar-refractivity contribution < 1.29 is 13.2 Å². The summed E-state index contributed by atoms with van der Waals surface area (Å²) < 4.78 is 26.6. The Kier molecular flexibility index (Phi) is 8.15. The molecular formula is C16H26ClN3O3S. The number of halogens is 1. The van der Waals surface area contributed by atoms with Crippen LogP contribution in [0.1, 0.15) is 37.0 Å². The van der Waals surface area contributed by atoms with Crippen LogP contribution in [0, 0.1) is 5.92 Å². The summed E-state index contributed by atoms with van der Waals surface area (Å²) in [4.78, 5) is 12.3. The van der Waals surface area contributed by atoms with Crippen molar-refractivity contribution in [3.63, 3.8) is 0 Å². The SMILES string of the molecule is CC(C)NS(=O)(=O)c1ccc(C(=O)NCC2CCCNC2)cc1.Cl. The van der Waals surface area contributed by atoms with Crippen molar-refractivity contribution >= 4 is 28.3 Å².